The van der Waals surface area contributed by atoms with E-state index < -0.39 is 0 Å². The van der Waals surface area contributed by atoms with Gasteiger partial charge in [-0.2, -0.15) is 0 Å². The lowest BCUT2D eigenvalue weighted by Gasteiger charge is -2.25. The highest BCUT2D eigenvalue weighted by Crippen LogP contribution is 2.48. The van der Waals surface area contributed by atoms with Gasteiger partial charge in [-0.05, 0) is 42.7 Å². The van der Waals surface area contributed by atoms with E-state index in [1.165, 1.54) is 16.2 Å². The molecule has 3 aliphatic rings. The first-order valence-corrected chi connectivity index (χ1v) is 12.4. The number of morpholine rings is 1. The number of nitrogens with one attached hydrogen (secondary N) is 1. The molecule has 33 heavy (non-hydrogen) atoms. The molecule has 3 unspecified atom stereocenters. The fourth-order valence-electron chi connectivity index (χ4n) is 4.97. The minimum Gasteiger partial charge on any atom is -0.375 e. The lowest BCUT2D eigenvalue weighted by Crippen LogP contribution is -2.39. The quantitative estimate of drug-likeness (QED) is 0.561. The Morgan fingerprint density at radius 2 is 2.03 bits per heavy atom. The molecule has 3 aromatic rings. The zero-order chi connectivity index (χ0) is 22.7. The van der Waals surface area contributed by atoms with Gasteiger partial charge < -0.3 is 10.1 Å². The first kappa shape index (κ1) is 21.2. The van der Waals surface area contributed by atoms with Gasteiger partial charge in [-0.15, -0.1) is 11.3 Å². The maximum Gasteiger partial charge on any atom is 0.233 e. The van der Waals surface area contributed by atoms with Gasteiger partial charge in [0.15, 0.2) is 0 Å². The molecule has 9 heteroatoms. The van der Waals surface area contributed by atoms with Crippen molar-refractivity contribution in [2.45, 2.75) is 32.4 Å². The molecule has 0 bridgehead atoms. The van der Waals surface area contributed by atoms with Gasteiger partial charge in [-0.3, -0.25) is 14.5 Å². The zero-order valence-electron chi connectivity index (χ0n) is 18.1. The molecule has 1 aromatic carbocycles. The highest BCUT2D eigenvalue weighted by Gasteiger charge is 2.58. The van der Waals surface area contributed by atoms with E-state index in [1.54, 1.807) is 6.33 Å². The van der Waals surface area contributed by atoms with Crippen molar-refractivity contribution in [2.75, 3.05) is 19.7 Å². The van der Waals surface area contributed by atoms with Gasteiger partial charge >= 0.3 is 0 Å². The number of nitrogens with zero attached hydrogens (tertiary/aromatic N) is 3. The van der Waals surface area contributed by atoms with Crippen LogP contribution < -0.4 is 5.32 Å². The molecule has 4 heterocycles. The molecule has 1 saturated carbocycles. The Labute approximate surface area is 200 Å². The molecular formula is C24H23ClN4O3S. The molecule has 1 aliphatic carbocycles. The molecular weight excluding hydrogens is 460 g/mol. The van der Waals surface area contributed by atoms with Gasteiger partial charge in [0.05, 0.1) is 47.0 Å². The summed E-state index contributed by atoms with van der Waals surface area (Å²) in [5.41, 5.74) is 4.87. The summed E-state index contributed by atoms with van der Waals surface area (Å²) in [5.74, 6) is -0.253. The van der Waals surface area contributed by atoms with Gasteiger partial charge in [0.25, 0.3) is 0 Å². The van der Waals surface area contributed by atoms with Gasteiger partial charge in [-0.1, -0.05) is 11.6 Å². The zero-order valence-corrected chi connectivity index (χ0v) is 19.7. The Morgan fingerprint density at radius 1 is 1.21 bits per heavy atom. The number of carbonyl (C=O) groups excluding carboxylic acids is 2. The number of aromatic nitrogens is 2. The molecule has 2 saturated heterocycles. The van der Waals surface area contributed by atoms with E-state index in [2.05, 4.69) is 22.2 Å². The lowest BCUT2D eigenvalue weighted by molar-refractivity contribution is -0.141. The van der Waals surface area contributed by atoms with E-state index in [9.17, 15) is 9.59 Å². The third-order valence-corrected chi connectivity index (χ3v) is 8.10. The van der Waals surface area contributed by atoms with Crippen molar-refractivity contribution in [3.05, 3.63) is 45.6 Å². The minimum absolute atomic E-state index is 0.0393. The Balaban J connectivity index is 1.38. The van der Waals surface area contributed by atoms with Crippen LogP contribution in [0.3, 0.4) is 0 Å². The van der Waals surface area contributed by atoms with Crippen LogP contribution in [0.5, 0.6) is 0 Å². The SMILES string of the molecule is Cc1cc(Cl)cc(-c2ncnc3cc(CN4C(=O)C5CC5C4=O)sc23)c1CC1CNCCO1. The van der Waals surface area contributed by atoms with Crippen molar-refractivity contribution in [1.29, 1.82) is 0 Å². The summed E-state index contributed by atoms with van der Waals surface area (Å²) >= 11 is 8.00. The second-order valence-corrected chi connectivity index (χ2v) is 10.6. The number of thiophene rings is 1. The van der Waals surface area contributed by atoms with E-state index in [0.29, 0.717) is 24.6 Å². The average molecular weight is 483 g/mol. The number of rotatable bonds is 5. The number of ether oxygens (including phenoxy) is 1. The van der Waals surface area contributed by atoms with Gasteiger partial charge in [0.2, 0.25) is 11.8 Å². The summed E-state index contributed by atoms with van der Waals surface area (Å²) in [6.45, 7) is 4.75. The monoisotopic (exact) mass is 482 g/mol. The van der Waals surface area contributed by atoms with Crippen LogP contribution in [0.4, 0.5) is 0 Å². The van der Waals surface area contributed by atoms with Gasteiger partial charge in [0, 0.05) is 35.0 Å². The van der Waals surface area contributed by atoms with Crippen molar-refractivity contribution in [2.24, 2.45) is 11.8 Å². The molecule has 0 spiro atoms. The highest BCUT2D eigenvalue weighted by atomic mass is 35.5. The number of carbonyl (C=O) groups is 2. The summed E-state index contributed by atoms with van der Waals surface area (Å²) in [6.07, 6.45) is 3.13. The van der Waals surface area contributed by atoms with Gasteiger partial charge in [-0.25, -0.2) is 9.97 Å². The summed E-state index contributed by atoms with van der Waals surface area (Å²) in [5, 5.41) is 4.05. The molecule has 2 aliphatic heterocycles. The number of benzene rings is 1. The second kappa shape index (κ2) is 8.13. The van der Waals surface area contributed by atoms with Crippen LogP contribution in [0.1, 0.15) is 22.4 Å². The van der Waals surface area contributed by atoms with Crippen LogP contribution in [-0.2, 0) is 27.3 Å². The Morgan fingerprint density at radius 3 is 2.79 bits per heavy atom. The van der Waals surface area contributed by atoms with Crippen LogP contribution in [0.2, 0.25) is 5.02 Å². The van der Waals surface area contributed by atoms with E-state index >= 15 is 0 Å². The van der Waals surface area contributed by atoms with E-state index in [-0.39, 0.29) is 29.8 Å². The number of likely N-dealkylation sites (tertiary alicyclic amines) is 1. The number of aryl methyl sites for hydroxylation is 1. The van der Waals surface area contributed by atoms with Crippen molar-refractivity contribution in [3.8, 4) is 11.3 Å². The number of halogens is 1. The van der Waals surface area contributed by atoms with E-state index in [1.807, 2.05) is 18.2 Å². The van der Waals surface area contributed by atoms with Crippen molar-refractivity contribution >= 4 is 45.0 Å². The molecule has 170 valence electrons. The van der Waals surface area contributed by atoms with Crippen LogP contribution in [0.25, 0.3) is 21.5 Å². The molecule has 0 radical (unpaired) electrons. The maximum absolute atomic E-state index is 12.4. The number of hydrogen-bond donors (Lipinski definition) is 1. The molecule has 3 atom stereocenters. The number of piperidine rings is 1. The molecule has 1 N–H and O–H groups in total. The Kier molecular flexibility index (Phi) is 5.21. The maximum atomic E-state index is 12.4. The first-order valence-electron chi connectivity index (χ1n) is 11.2. The average Bonchev–Trinajstić information content (AvgIpc) is 3.44. The van der Waals surface area contributed by atoms with Crippen LogP contribution in [0.15, 0.2) is 24.5 Å². The molecule has 3 fully saturated rings. The molecule has 2 aromatic heterocycles. The fraction of sp³-hybridized carbons (Fsp3) is 0.417. The number of fused-ring (bicyclic) bond motifs is 2. The van der Waals surface area contributed by atoms with Crippen molar-refractivity contribution < 1.29 is 14.3 Å². The van der Waals surface area contributed by atoms with E-state index in [0.717, 1.165) is 57.0 Å². The predicted molar refractivity (Wildman–Crippen MR) is 126 cm³/mol. The Bertz CT molecular complexity index is 1270. The number of hydrogen-bond acceptors (Lipinski definition) is 7. The Hall–Kier alpha value is -2.39. The summed E-state index contributed by atoms with van der Waals surface area (Å²) in [6, 6.07) is 5.90. The van der Waals surface area contributed by atoms with Crippen molar-refractivity contribution in [1.82, 2.24) is 20.2 Å². The standard InChI is InChI=1S/C24H23ClN4O3S/c1-12-4-13(25)5-17(16(12)6-14-9-26-2-3-32-14)21-22-20(27-11-28-21)7-15(33-22)10-29-23(30)18-8-19(18)24(29)31/h4-5,7,11,14,18-19,26H,2-3,6,8-10H2,1H3. The molecule has 7 nitrogen and oxygen atoms in total. The molecule has 2 amide bonds. The van der Waals surface area contributed by atoms with Crippen molar-refractivity contribution in [3.63, 3.8) is 0 Å². The topological polar surface area (TPSA) is 84.4 Å². The smallest absolute Gasteiger partial charge is 0.233 e. The largest absolute Gasteiger partial charge is 0.375 e. The van der Waals surface area contributed by atoms with Crippen LogP contribution >= 0.6 is 22.9 Å². The summed E-state index contributed by atoms with van der Waals surface area (Å²) in [4.78, 5) is 36.3. The van der Waals surface area contributed by atoms with E-state index in [4.69, 9.17) is 16.3 Å². The van der Waals surface area contributed by atoms with Crippen LogP contribution in [-0.4, -0.2) is 52.5 Å². The molecule has 6 rings (SSSR count). The third kappa shape index (κ3) is 3.75. The lowest BCUT2D eigenvalue weighted by atomic mass is 9.94. The second-order valence-electron chi connectivity index (χ2n) is 9.01. The third-order valence-electron chi connectivity index (χ3n) is 6.76. The van der Waals surface area contributed by atoms with Gasteiger partial charge in [0.1, 0.15) is 6.33 Å². The summed E-state index contributed by atoms with van der Waals surface area (Å²) < 4.78 is 6.89. The predicted octanol–water partition coefficient (Wildman–Crippen LogP) is 3.36. The number of imide groups is 1. The summed E-state index contributed by atoms with van der Waals surface area (Å²) in [7, 11) is 0. The van der Waals surface area contributed by atoms with Crippen LogP contribution in [0, 0.1) is 18.8 Å². The minimum atomic E-state index is -0.0873. The highest BCUT2D eigenvalue weighted by molar-refractivity contribution is 7.19. The normalized spacial score (nSPS) is 24.5. The first-order chi connectivity index (χ1) is 16.0. The number of amides is 2. The fourth-order valence-corrected chi connectivity index (χ4v) is 6.34.